The third-order valence-corrected chi connectivity index (χ3v) is 4.60. The molecule has 0 aromatic heterocycles. The van der Waals surface area contributed by atoms with Crippen molar-refractivity contribution in [3.8, 4) is 11.1 Å². The molecule has 0 bridgehead atoms. The molecule has 1 fully saturated rings. The van der Waals surface area contributed by atoms with Crippen LogP contribution in [-0.4, -0.2) is 0 Å². The zero-order valence-electron chi connectivity index (χ0n) is 9.29. The molecule has 1 aliphatic carbocycles. The Morgan fingerprint density at radius 3 is 2.35 bits per heavy atom. The molecular weight excluding hydrogens is 387 g/mol. The van der Waals surface area contributed by atoms with Gasteiger partial charge in [0, 0.05) is 8.04 Å². The Bertz CT molecular complexity index is 541. The van der Waals surface area contributed by atoms with Gasteiger partial charge in [-0.1, -0.05) is 40.2 Å². The van der Waals surface area contributed by atoms with Crippen molar-refractivity contribution in [2.24, 2.45) is 0 Å². The van der Waals surface area contributed by atoms with Crippen LogP contribution in [0.5, 0.6) is 0 Å². The summed E-state index contributed by atoms with van der Waals surface area (Å²) < 4.78 is 2.55. The topological polar surface area (TPSA) is 0 Å². The van der Waals surface area contributed by atoms with Gasteiger partial charge >= 0.3 is 0 Å². The molecule has 0 N–H and O–H groups in total. The average molecular weight is 399 g/mol. The van der Waals surface area contributed by atoms with Crippen LogP contribution in [0, 0.1) is 3.57 Å². The largest absolute Gasteiger partial charge is 0.0605 e. The number of hydrogen-bond acceptors (Lipinski definition) is 0. The zero-order valence-corrected chi connectivity index (χ0v) is 13.0. The van der Waals surface area contributed by atoms with Crippen molar-refractivity contribution in [2.45, 2.75) is 18.8 Å². The van der Waals surface area contributed by atoms with Crippen molar-refractivity contribution in [1.29, 1.82) is 0 Å². The molecule has 0 spiro atoms. The number of hydrogen-bond donors (Lipinski definition) is 0. The van der Waals surface area contributed by atoms with Crippen molar-refractivity contribution in [2.75, 3.05) is 0 Å². The third kappa shape index (κ3) is 2.43. The molecule has 1 saturated carbocycles. The molecule has 0 radical (unpaired) electrons. The first-order valence-electron chi connectivity index (χ1n) is 5.80. The Morgan fingerprint density at radius 2 is 1.71 bits per heavy atom. The van der Waals surface area contributed by atoms with Crippen molar-refractivity contribution in [1.82, 2.24) is 0 Å². The Labute approximate surface area is 124 Å². The third-order valence-electron chi connectivity index (χ3n) is 3.19. The quantitative estimate of drug-likeness (QED) is 0.577. The van der Waals surface area contributed by atoms with Gasteiger partial charge in [-0.15, -0.1) is 0 Å². The van der Waals surface area contributed by atoms with Gasteiger partial charge in [-0.05, 0) is 76.2 Å². The molecule has 0 heterocycles. The van der Waals surface area contributed by atoms with E-state index in [1.165, 1.54) is 37.6 Å². The van der Waals surface area contributed by atoms with Gasteiger partial charge in [-0.25, -0.2) is 0 Å². The molecular formula is C15H12BrI. The average Bonchev–Trinajstić information content (AvgIpc) is 3.14. The lowest BCUT2D eigenvalue weighted by Gasteiger charge is -2.11. The van der Waals surface area contributed by atoms with E-state index in [-0.39, 0.29) is 0 Å². The highest BCUT2D eigenvalue weighted by Crippen LogP contribution is 2.47. The summed E-state index contributed by atoms with van der Waals surface area (Å²) in [5.74, 6) is 0.764. The molecule has 0 nitrogen and oxygen atoms in total. The molecule has 0 amide bonds. The minimum absolute atomic E-state index is 0.764. The Kier molecular flexibility index (Phi) is 3.26. The smallest absolute Gasteiger partial charge is 0.0216 e. The SMILES string of the molecule is Brc1cccc(-c2ccc(I)cc2)c1C1CC1. The molecule has 2 heteroatoms. The molecule has 17 heavy (non-hydrogen) atoms. The monoisotopic (exact) mass is 398 g/mol. The first-order valence-corrected chi connectivity index (χ1v) is 7.67. The Morgan fingerprint density at radius 1 is 1.00 bits per heavy atom. The number of halogens is 2. The molecule has 1 aliphatic rings. The summed E-state index contributed by atoms with van der Waals surface area (Å²) in [5, 5.41) is 0. The van der Waals surface area contributed by atoms with E-state index >= 15 is 0 Å². The fraction of sp³-hybridized carbons (Fsp3) is 0.200. The van der Waals surface area contributed by atoms with Crippen LogP contribution in [0.25, 0.3) is 11.1 Å². The standard InChI is InChI=1S/C15H12BrI/c16-14-3-1-2-13(15(14)11-4-5-11)10-6-8-12(17)9-7-10/h1-3,6-9,11H,4-5H2. The molecule has 2 aromatic carbocycles. The molecule has 0 saturated heterocycles. The number of benzene rings is 2. The van der Waals surface area contributed by atoms with Crippen LogP contribution in [0.15, 0.2) is 46.9 Å². The van der Waals surface area contributed by atoms with Gasteiger partial charge in [-0.3, -0.25) is 0 Å². The van der Waals surface area contributed by atoms with Gasteiger partial charge in [0.1, 0.15) is 0 Å². The Balaban J connectivity index is 2.13. The van der Waals surface area contributed by atoms with Gasteiger partial charge in [0.2, 0.25) is 0 Å². The van der Waals surface area contributed by atoms with Crippen molar-refractivity contribution >= 4 is 38.5 Å². The van der Waals surface area contributed by atoms with E-state index in [1.54, 1.807) is 0 Å². The van der Waals surface area contributed by atoms with Gasteiger partial charge in [0.05, 0.1) is 0 Å². The summed E-state index contributed by atoms with van der Waals surface area (Å²) in [7, 11) is 0. The lowest BCUT2D eigenvalue weighted by Crippen LogP contribution is -1.89. The molecule has 86 valence electrons. The highest BCUT2D eigenvalue weighted by atomic mass is 127. The maximum absolute atomic E-state index is 3.70. The van der Waals surface area contributed by atoms with E-state index in [2.05, 4.69) is 81.0 Å². The van der Waals surface area contributed by atoms with Crippen molar-refractivity contribution in [3.63, 3.8) is 0 Å². The second kappa shape index (κ2) is 4.73. The summed E-state index contributed by atoms with van der Waals surface area (Å²) in [4.78, 5) is 0. The first-order chi connectivity index (χ1) is 8.25. The fourth-order valence-electron chi connectivity index (χ4n) is 2.21. The first kappa shape index (κ1) is 11.7. The summed E-state index contributed by atoms with van der Waals surface area (Å²) >= 11 is 6.05. The van der Waals surface area contributed by atoms with E-state index < -0.39 is 0 Å². The second-order valence-electron chi connectivity index (χ2n) is 4.48. The zero-order chi connectivity index (χ0) is 11.8. The van der Waals surface area contributed by atoms with E-state index in [0.29, 0.717) is 0 Å². The minimum atomic E-state index is 0.764. The fourth-order valence-corrected chi connectivity index (χ4v) is 3.25. The minimum Gasteiger partial charge on any atom is -0.0605 e. The summed E-state index contributed by atoms with van der Waals surface area (Å²) in [5.41, 5.74) is 4.21. The van der Waals surface area contributed by atoms with E-state index in [9.17, 15) is 0 Å². The van der Waals surface area contributed by atoms with Crippen molar-refractivity contribution < 1.29 is 0 Å². The molecule has 3 rings (SSSR count). The summed E-state index contributed by atoms with van der Waals surface area (Å²) in [6.07, 6.45) is 2.67. The molecule has 2 aromatic rings. The molecule has 0 unspecified atom stereocenters. The van der Waals surface area contributed by atoms with Crippen LogP contribution < -0.4 is 0 Å². The lowest BCUT2D eigenvalue weighted by atomic mass is 9.97. The highest BCUT2D eigenvalue weighted by molar-refractivity contribution is 14.1. The highest BCUT2D eigenvalue weighted by Gasteiger charge is 2.28. The van der Waals surface area contributed by atoms with Gasteiger partial charge in [0.25, 0.3) is 0 Å². The maximum Gasteiger partial charge on any atom is 0.0216 e. The van der Waals surface area contributed by atoms with Crippen LogP contribution in [0.4, 0.5) is 0 Å². The number of rotatable bonds is 2. The Hall–Kier alpha value is -0.350. The predicted molar refractivity (Wildman–Crippen MR) is 84.3 cm³/mol. The van der Waals surface area contributed by atoms with Crippen LogP contribution in [0.1, 0.15) is 24.3 Å². The second-order valence-corrected chi connectivity index (χ2v) is 6.58. The van der Waals surface area contributed by atoms with Crippen LogP contribution >= 0.6 is 38.5 Å². The maximum atomic E-state index is 3.70. The lowest BCUT2D eigenvalue weighted by molar-refractivity contribution is 1.12. The van der Waals surface area contributed by atoms with Crippen LogP contribution in [0.2, 0.25) is 0 Å². The van der Waals surface area contributed by atoms with Gasteiger partial charge in [-0.2, -0.15) is 0 Å². The summed E-state index contributed by atoms with van der Waals surface area (Å²) in [6, 6.07) is 15.3. The van der Waals surface area contributed by atoms with E-state index in [1.807, 2.05) is 0 Å². The molecule has 0 aliphatic heterocycles. The summed E-state index contributed by atoms with van der Waals surface area (Å²) in [6.45, 7) is 0. The van der Waals surface area contributed by atoms with Crippen LogP contribution in [-0.2, 0) is 0 Å². The van der Waals surface area contributed by atoms with Gasteiger partial charge in [0.15, 0.2) is 0 Å². The van der Waals surface area contributed by atoms with Crippen LogP contribution in [0.3, 0.4) is 0 Å². The predicted octanol–water partition coefficient (Wildman–Crippen LogP) is 5.60. The van der Waals surface area contributed by atoms with E-state index in [0.717, 1.165) is 5.92 Å². The molecule has 0 atom stereocenters. The van der Waals surface area contributed by atoms with Gasteiger partial charge < -0.3 is 0 Å². The van der Waals surface area contributed by atoms with Crippen molar-refractivity contribution in [3.05, 3.63) is 56.1 Å². The normalized spacial score (nSPS) is 14.9. The van der Waals surface area contributed by atoms with E-state index in [4.69, 9.17) is 0 Å².